The van der Waals surface area contributed by atoms with Crippen LogP contribution in [-0.2, 0) is 4.74 Å². The topological polar surface area (TPSA) is 42.2 Å². The van der Waals surface area contributed by atoms with Gasteiger partial charge in [0.15, 0.2) is 0 Å². The van der Waals surface area contributed by atoms with Crippen molar-refractivity contribution >= 4 is 15.9 Å². The molecule has 1 atom stereocenters. The van der Waals surface area contributed by atoms with Crippen LogP contribution < -0.4 is 4.74 Å². The van der Waals surface area contributed by atoms with Crippen molar-refractivity contribution < 1.29 is 9.47 Å². The van der Waals surface area contributed by atoms with E-state index in [4.69, 9.17) is 14.7 Å². The maximum absolute atomic E-state index is 8.98. The minimum absolute atomic E-state index is 0.0754. The molecular formula is C11H10BrNO2. The van der Waals surface area contributed by atoms with E-state index in [1.165, 1.54) is 0 Å². The number of nitriles is 1. The first-order valence-corrected chi connectivity index (χ1v) is 5.53. The lowest BCUT2D eigenvalue weighted by Gasteiger charge is -2.13. The van der Waals surface area contributed by atoms with Crippen molar-refractivity contribution in [3.63, 3.8) is 0 Å². The van der Waals surface area contributed by atoms with E-state index in [9.17, 15) is 0 Å². The molecule has 3 nitrogen and oxygen atoms in total. The van der Waals surface area contributed by atoms with Gasteiger partial charge >= 0.3 is 0 Å². The Hall–Kier alpha value is -1.05. The largest absolute Gasteiger partial charge is 0.487 e. The summed E-state index contributed by atoms with van der Waals surface area (Å²) in [7, 11) is 0. The summed E-state index contributed by atoms with van der Waals surface area (Å²) < 4.78 is 11.7. The fraction of sp³-hybridized carbons (Fsp3) is 0.364. The van der Waals surface area contributed by atoms with E-state index >= 15 is 0 Å². The van der Waals surface area contributed by atoms with Crippen LogP contribution in [0.25, 0.3) is 0 Å². The summed E-state index contributed by atoms with van der Waals surface area (Å²) in [6, 6.07) is 7.62. The van der Waals surface area contributed by atoms with E-state index in [2.05, 4.69) is 22.0 Å². The number of hydrogen-bond acceptors (Lipinski definition) is 3. The van der Waals surface area contributed by atoms with Crippen LogP contribution in [0.2, 0.25) is 0 Å². The van der Waals surface area contributed by atoms with Crippen LogP contribution in [0.3, 0.4) is 0 Å². The number of ether oxygens (including phenoxy) is 2. The molecule has 78 valence electrons. The van der Waals surface area contributed by atoms with Gasteiger partial charge in [0.2, 0.25) is 0 Å². The Labute approximate surface area is 96.7 Å². The maximum atomic E-state index is 8.98. The fourth-order valence-electron chi connectivity index (χ4n) is 1.50. The zero-order valence-electron chi connectivity index (χ0n) is 8.07. The molecule has 0 N–H and O–H groups in total. The van der Waals surface area contributed by atoms with Crippen LogP contribution >= 0.6 is 15.9 Å². The summed E-state index contributed by atoms with van der Waals surface area (Å²) in [5.41, 5.74) is 0.546. The highest BCUT2D eigenvalue weighted by Crippen LogP contribution is 2.27. The highest BCUT2D eigenvalue weighted by molar-refractivity contribution is 9.10. The summed E-state index contributed by atoms with van der Waals surface area (Å²) in [5.74, 6) is 0.627. The van der Waals surface area contributed by atoms with Crippen molar-refractivity contribution in [2.45, 2.75) is 12.5 Å². The Kier molecular flexibility index (Phi) is 3.24. The Morgan fingerprint density at radius 3 is 3.07 bits per heavy atom. The summed E-state index contributed by atoms with van der Waals surface area (Å²) >= 11 is 3.32. The van der Waals surface area contributed by atoms with Crippen molar-refractivity contribution in [3.8, 4) is 11.8 Å². The van der Waals surface area contributed by atoms with Gasteiger partial charge in [0.05, 0.1) is 13.2 Å². The molecule has 0 saturated carbocycles. The van der Waals surface area contributed by atoms with Gasteiger partial charge in [0.25, 0.3) is 0 Å². The van der Waals surface area contributed by atoms with Gasteiger partial charge in [-0.3, -0.25) is 0 Å². The van der Waals surface area contributed by atoms with E-state index in [0.29, 0.717) is 17.9 Å². The van der Waals surface area contributed by atoms with Gasteiger partial charge in [0.1, 0.15) is 23.5 Å². The third-order valence-corrected chi connectivity index (χ3v) is 2.93. The lowest BCUT2D eigenvalue weighted by molar-refractivity contribution is 0.141. The summed E-state index contributed by atoms with van der Waals surface area (Å²) in [6.45, 7) is 1.35. The molecule has 0 aromatic heterocycles. The molecular weight excluding hydrogens is 258 g/mol. The zero-order valence-corrected chi connectivity index (χ0v) is 9.66. The molecule has 1 fully saturated rings. The Bertz CT molecular complexity index is 394. The van der Waals surface area contributed by atoms with Crippen molar-refractivity contribution in [1.29, 1.82) is 5.26 Å². The average Bonchev–Trinajstić information content (AvgIpc) is 2.71. The zero-order chi connectivity index (χ0) is 10.7. The van der Waals surface area contributed by atoms with E-state index in [-0.39, 0.29) is 6.10 Å². The van der Waals surface area contributed by atoms with Crippen molar-refractivity contribution in [3.05, 3.63) is 28.2 Å². The van der Waals surface area contributed by atoms with Crippen LogP contribution in [0.1, 0.15) is 12.0 Å². The molecule has 0 spiro atoms. The maximum Gasteiger partial charge on any atom is 0.138 e. The SMILES string of the molecule is N#Cc1c(Br)cccc1OC1CCOC1. The van der Waals surface area contributed by atoms with E-state index in [0.717, 1.165) is 17.5 Å². The minimum Gasteiger partial charge on any atom is -0.487 e. The molecule has 0 aliphatic carbocycles. The molecule has 1 aliphatic rings. The summed E-state index contributed by atoms with van der Waals surface area (Å²) in [6.07, 6.45) is 0.962. The van der Waals surface area contributed by atoms with E-state index in [1.54, 1.807) is 0 Å². The molecule has 2 rings (SSSR count). The molecule has 1 aromatic rings. The predicted octanol–water partition coefficient (Wildman–Crippen LogP) is 2.49. The molecule has 1 heterocycles. The third-order valence-electron chi connectivity index (χ3n) is 2.27. The highest BCUT2D eigenvalue weighted by atomic mass is 79.9. The summed E-state index contributed by atoms with van der Waals surface area (Å²) in [5, 5.41) is 8.98. The second-order valence-corrected chi connectivity index (χ2v) is 4.18. The van der Waals surface area contributed by atoms with Gasteiger partial charge in [0, 0.05) is 10.9 Å². The van der Waals surface area contributed by atoms with E-state index in [1.807, 2.05) is 18.2 Å². The Morgan fingerprint density at radius 2 is 2.40 bits per heavy atom. The highest BCUT2D eigenvalue weighted by Gasteiger charge is 2.19. The molecule has 0 amide bonds. The smallest absolute Gasteiger partial charge is 0.138 e. The van der Waals surface area contributed by atoms with Gasteiger partial charge in [-0.25, -0.2) is 0 Å². The molecule has 1 saturated heterocycles. The van der Waals surface area contributed by atoms with Crippen LogP contribution in [0.15, 0.2) is 22.7 Å². The van der Waals surface area contributed by atoms with Gasteiger partial charge in [-0.05, 0) is 28.1 Å². The first-order chi connectivity index (χ1) is 7.31. The molecule has 4 heteroatoms. The quantitative estimate of drug-likeness (QED) is 0.827. The summed E-state index contributed by atoms with van der Waals surface area (Å²) in [4.78, 5) is 0. The fourth-order valence-corrected chi connectivity index (χ4v) is 1.93. The lowest BCUT2D eigenvalue weighted by atomic mass is 10.2. The van der Waals surface area contributed by atoms with E-state index < -0.39 is 0 Å². The van der Waals surface area contributed by atoms with Crippen LogP contribution in [0.4, 0.5) is 0 Å². The number of benzene rings is 1. The number of nitrogens with zero attached hydrogens (tertiary/aromatic N) is 1. The molecule has 1 unspecified atom stereocenters. The molecule has 1 aliphatic heterocycles. The predicted molar refractivity (Wildman–Crippen MR) is 58.7 cm³/mol. The number of halogens is 1. The normalized spacial score (nSPS) is 19.9. The molecule has 15 heavy (non-hydrogen) atoms. The third kappa shape index (κ3) is 2.31. The van der Waals surface area contributed by atoms with Crippen LogP contribution in [0.5, 0.6) is 5.75 Å². The van der Waals surface area contributed by atoms with Gasteiger partial charge in [-0.15, -0.1) is 0 Å². The first-order valence-electron chi connectivity index (χ1n) is 4.74. The van der Waals surface area contributed by atoms with Crippen LogP contribution in [-0.4, -0.2) is 19.3 Å². The second kappa shape index (κ2) is 4.65. The Balaban J connectivity index is 2.20. The van der Waals surface area contributed by atoms with Gasteiger partial charge < -0.3 is 9.47 Å². The van der Waals surface area contributed by atoms with Crippen molar-refractivity contribution in [1.82, 2.24) is 0 Å². The standard InChI is InChI=1S/C11H10BrNO2/c12-10-2-1-3-11(9(10)6-13)15-8-4-5-14-7-8/h1-3,8H,4-5,7H2. The Morgan fingerprint density at radius 1 is 1.53 bits per heavy atom. The van der Waals surface area contributed by atoms with Crippen LogP contribution in [0, 0.1) is 11.3 Å². The van der Waals surface area contributed by atoms with Gasteiger partial charge in [-0.1, -0.05) is 6.07 Å². The van der Waals surface area contributed by atoms with Crippen molar-refractivity contribution in [2.24, 2.45) is 0 Å². The number of hydrogen-bond donors (Lipinski definition) is 0. The molecule has 0 radical (unpaired) electrons. The second-order valence-electron chi connectivity index (χ2n) is 3.33. The lowest BCUT2D eigenvalue weighted by Crippen LogP contribution is -2.16. The monoisotopic (exact) mass is 267 g/mol. The first kappa shape index (κ1) is 10.5. The molecule has 0 bridgehead atoms. The van der Waals surface area contributed by atoms with Crippen molar-refractivity contribution in [2.75, 3.05) is 13.2 Å². The average molecular weight is 268 g/mol. The van der Waals surface area contributed by atoms with Gasteiger partial charge in [-0.2, -0.15) is 5.26 Å². The number of rotatable bonds is 2. The molecule has 1 aromatic carbocycles. The minimum atomic E-state index is 0.0754.